The van der Waals surface area contributed by atoms with Gasteiger partial charge in [0.1, 0.15) is 0 Å². The summed E-state index contributed by atoms with van der Waals surface area (Å²) in [5, 5.41) is 2.86. The van der Waals surface area contributed by atoms with Crippen LogP contribution in [0.15, 0.2) is 0 Å². The monoisotopic (exact) mass is 392 g/mol. The molecule has 0 spiro atoms. The molecule has 26 heavy (non-hydrogen) atoms. The second kappa shape index (κ2) is 10.4. The molecule has 1 N–H and O–H groups in total. The molecule has 1 atom stereocenters. The van der Waals surface area contributed by atoms with Gasteiger partial charge in [0.25, 0.3) is 0 Å². The summed E-state index contributed by atoms with van der Waals surface area (Å²) in [6.07, 6.45) is 2.68. The number of hydrogen-bond donors (Lipinski definition) is 1. The molecular weight excluding hydrogens is 360 g/mol. The summed E-state index contributed by atoms with van der Waals surface area (Å²) in [6.45, 7) is 6.36. The number of morpholine rings is 1. The predicted octanol–water partition coefficient (Wildman–Crippen LogP) is -0.599. The van der Waals surface area contributed by atoms with Gasteiger partial charge in [-0.3, -0.25) is 4.90 Å². The Morgan fingerprint density at radius 2 is 2.04 bits per heavy atom. The lowest BCUT2D eigenvalue weighted by Crippen LogP contribution is -2.48. The molecule has 10 heteroatoms. The Kier molecular flexibility index (Phi) is 8.55. The maximum absolute atomic E-state index is 12.3. The van der Waals surface area contributed by atoms with E-state index in [9.17, 15) is 13.2 Å². The van der Waals surface area contributed by atoms with Gasteiger partial charge in [0.05, 0.1) is 19.5 Å². The third-order valence-electron chi connectivity index (χ3n) is 4.83. The van der Waals surface area contributed by atoms with Gasteiger partial charge in [0.2, 0.25) is 10.0 Å². The lowest BCUT2D eigenvalue weighted by molar-refractivity contribution is 0.0354. The van der Waals surface area contributed by atoms with Crippen molar-refractivity contribution in [1.82, 2.24) is 19.4 Å². The zero-order chi connectivity index (χ0) is 19.0. The smallest absolute Gasteiger partial charge is 0.317 e. The fourth-order valence-electron chi connectivity index (χ4n) is 3.37. The van der Waals surface area contributed by atoms with Gasteiger partial charge in [0, 0.05) is 65.6 Å². The van der Waals surface area contributed by atoms with Crippen molar-refractivity contribution < 1.29 is 22.7 Å². The maximum atomic E-state index is 12.3. The van der Waals surface area contributed by atoms with Crippen LogP contribution in [0, 0.1) is 0 Å². The van der Waals surface area contributed by atoms with Gasteiger partial charge in [-0.2, -0.15) is 4.31 Å². The molecule has 2 aliphatic rings. The second-order valence-electron chi connectivity index (χ2n) is 6.79. The molecule has 2 rings (SSSR count). The number of amides is 2. The van der Waals surface area contributed by atoms with E-state index in [-0.39, 0.29) is 12.1 Å². The van der Waals surface area contributed by atoms with Crippen molar-refractivity contribution >= 4 is 16.1 Å². The van der Waals surface area contributed by atoms with Crippen LogP contribution in [0.5, 0.6) is 0 Å². The Morgan fingerprint density at radius 1 is 1.31 bits per heavy atom. The molecule has 0 aromatic carbocycles. The first kappa shape index (κ1) is 21.4. The van der Waals surface area contributed by atoms with Crippen molar-refractivity contribution in [2.75, 3.05) is 79.0 Å². The molecule has 0 aliphatic carbocycles. The Morgan fingerprint density at radius 3 is 2.69 bits per heavy atom. The first-order valence-corrected chi connectivity index (χ1v) is 11.1. The fraction of sp³-hybridized carbons (Fsp3) is 0.938. The quantitative estimate of drug-likeness (QED) is 0.527. The number of ether oxygens (including phenoxy) is 2. The highest BCUT2D eigenvalue weighted by molar-refractivity contribution is 7.88. The number of methoxy groups -OCH3 is 1. The highest BCUT2D eigenvalue weighted by atomic mass is 32.2. The molecule has 2 aliphatic heterocycles. The number of carbonyl (C=O) groups excluding carboxylic acids is 1. The number of urea groups is 1. The van der Waals surface area contributed by atoms with Gasteiger partial charge in [-0.15, -0.1) is 0 Å². The van der Waals surface area contributed by atoms with E-state index < -0.39 is 10.0 Å². The number of likely N-dealkylation sites (tertiary alicyclic amines) is 1. The molecule has 0 radical (unpaired) electrons. The van der Waals surface area contributed by atoms with Crippen LogP contribution in [-0.4, -0.2) is 114 Å². The second-order valence-corrected chi connectivity index (χ2v) is 8.73. The Hall–Kier alpha value is -0.940. The van der Waals surface area contributed by atoms with Crippen LogP contribution in [0.25, 0.3) is 0 Å². The zero-order valence-electron chi connectivity index (χ0n) is 15.9. The molecular formula is C16H32N4O5S. The molecule has 2 saturated heterocycles. The van der Waals surface area contributed by atoms with Crippen molar-refractivity contribution in [3.8, 4) is 0 Å². The number of carbonyl (C=O) groups is 1. The average molecular weight is 393 g/mol. The summed E-state index contributed by atoms with van der Waals surface area (Å²) >= 11 is 0. The molecule has 1 unspecified atom stereocenters. The minimum absolute atomic E-state index is 0.134. The van der Waals surface area contributed by atoms with E-state index >= 15 is 0 Å². The Labute approximate surface area is 156 Å². The summed E-state index contributed by atoms with van der Waals surface area (Å²) in [5.41, 5.74) is 0. The van der Waals surface area contributed by atoms with Gasteiger partial charge in [0.15, 0.2) is 0 Å². The number of nitrogens with one attached hydrogen (secondary N) is 1. The summed E-state index contributed by atoms with van der Waals surface area (Å²) in [7, 11) is -1.69. The fourth-order valence-corrected chi connectivity index (χ4v) is 4.50. The SMILES string of the molecule is COCCCNC(=O)N1CCC(N(CCN2CCOCC2)S(C)(=O)=O)C1. The largest absolute Gasteiger partial charge is 0.385 e. The molecule has 0 aromatic rings. The van der Waals surface area contributed by atoms with E-state index in [4.69, 9.17) is 9.47 Å². The van der Waals surface area contributed by atoms with Gasteiger partial charge in [-0.25, -0.2) is 13.2 Å². The van der Waals surface area contributed by atoms with E-state index in [0.717, 1.165) is 19.5 Å². The Balaban J connectivity index is 1.83. The lowest BCUT2D eigenvalue weighted by atomic mass is 10.2. The molecule has 2 fully saturated rings. The van der Waals surface area contributed by atoms with E-state index in [1.807, 2.05) is 0 Å². The van der Waals surface area contributed by atoms with Gasteiger partial charge >= 0.3 is 6.03 Å². The number of nitrogens with zero attached hydrogens (tertiary/aromatic N) is 3. The summed E-state index contributed by atoms with van der Waals surface area (Å²) in [5.74, 6) is 0. The van der Waals surface area contributed by atoms with E-state index in [0.29, 0.717) is 59.0 Å². The maximum Gasteiger partial charge on any atom is 0.317 e. The number of sulfonamides is 1. The van der Waals surface area contributed by atoms with Gasteiger partial charge < -0.3 is 19.7 Å². The van der Waals surface area contributed by atoms with E-state index in [1.165, 1.54) is 6.26 Å². The molecule has 0 aromatic heterocycles. The van der Waals surface area contributed by atoms with Crippen molar-refractivity contribution in [3.63, 3.8) is 0 Å². The van der Waals surface area contributed by atoms with Crippen LogP contribution in [0.3, 0.4) is 0 Å². The summed E-state index contributed by atoms with van der Waals surface area (Å²) < 4.78 is 36.4. The first-order valence-electron chi connectivity index (χ1n) is 9.20. The topological polar surface area (TPSA) is 91.4 Å². The molecule has 0 saturated carbocycles. The molecule has 9 nitrogen and oxygen atoms in total. The molecule has 152 valence electrons. The minimum atomic E-state index is -3.32. The standard InChI is InChI=1S/C16H32N4O5S/c1-24-11-3-5-17-16(21)19-6-4-15(14-19)20(26(2,22)23)8-7-18-9-12-25-13-10-18/h15H,3-14H2,1-2H3,(H,17,21). The van der Waals surface area contributed by atoms with E-state index in [1.54, 1.807) is 16.3 Å². The minimum Gasteiger partial charge on any atom is -0.385 e. The van der Waals surface area contributed by atoms with Crippen LogP contribution in [0.2, 0.25) is 0 Å². The van der Waals surface area contributed by atoms with E-state index in [2.05, 4.69) is 10.2 Å². The van der Waals surface area contributed by atoms with Crippen molar-refractivity contribution in [2.45, 2.75) is 18.9 Å². The average Bonchev–Trinajstić information content (AvgIpc) is 3.08. The summed E-state index contributed by atoms with van der Waals surface area (Å²) in [6, 6.07) is -0.291. The van der Waals surface area contributed by atoms with Gasteiger partial charge in [-0.05, 0) is 12.8 Å². The number of rotatable bonds is 9. The van der Waals surface area contributed by atoms with Crippen molar-refractivity contribution in [3.05, 3.63) is 0 Å². The third kappa shape index (κ3) is 6.66. The normalized spacial score (nSPS) is 22.1. The van der Waals surface area contributed by atoms with Crippen LogP contribution in [0.1, 0.15) is 12.8 Å². The van der Waals surface area contributed by atoms with Crippen LogP contribution >= 0.6 is 0 Å². The lowest BCUT2D eigenvalue weighted by Gasteiger charge is -2.31. The zero-order valence-corrected chi connectivity index (χ0v) is 16.7. The van der Waals surface area contributed by atoms with Crippen LogP contribution in [0.4, 0.5) is 4.79 Å². The highest BCUT2D eigenvalue weighted by Crippen LogP contribution is 2.18. The van der Waals surface area contributed by atoms with Gasteiger partial charge in [-0.1, -0.05) is 0 Å². The number of hydrogen-bond acceptors (Lipinski definition) is 6. The van der Waals surface area contributed by atoms with Crippen molar-refractivity contribution in [2.24, 2.45) is 0 Å². The molecule has 0 bridgehead atoms. The molecule has 2 amide bonds. The van der Waals surface area contributed by atoms with Crippen molar-refractivity contribution in [1.29, 1.82) is 0 Å². The predicted molar refractivity (Wildman–Crippen MR) is 98.7 cm³/mol. The third-order valence-corrected chi connectivity index (χ3v) is 6.16. The van der Waals surface area contributed by atoms with Crippen LogP contribution in [-0.2, 0) is 19.5 Å². The Bertz CT molecular complexity index is 539. The first-order chi connectivity index (χ1) is 12.4. The molecule has 2 heterocycles. The highest BCUT2D eigenvalue weighted by Gasteiger charge is 2.34. The van der Waals surface area contributed by atoms with Crippen LogP contribution < -0.4 is 5.32 Å². The summed E-state index contributed by atoms with van der Waals surface area (Å²) in [4.78, 5) is 16.1.